The zero-order valence-corrected chi connectivity index (χ0v) is 17.0. The summed E-state index contributed by atoms with van der Waals surface area (Å²) in [5.74, 6) is 0.511. The van der Waals surface area contributed by atoms with Gasteiger partial charge in [-0.15, -0.1) is 24.0 Å². The van der Waals surface area contributed by atoms with E-state index in [4.69, 9.17) is 5.73 Å². The maximum Gasteiger partial charge on any atom is 0.193 e. The molecule has 0 saturated carbocycles. The Bertz CT molecular complexity index is 495. The lowest BCUT2D eigenvalue weighted by molar-refractivity contribution is 0.160. The van der Waals surface area contributed by atoms with Crippen LogP contribution in [-0.2, 0) is 0 Å². The predicted molar refractivity (Wildman–Crippen MR) is 111 cm³/mol. The molecular weight excluding hydrogens is 399 g/mol. The van der Waals surface area contributed by atoms with Crippen LogP contribution in [0.5, 0.6) is 0 Å². The lowest BCUT2D eigenvalue weighted by Gasteiger charge is -2.33. The third kappa shape index (κ3) is 7.08. The standard InChI is InChI=1S/C18H30N4.HI/c1-14-11-15(2)13-17(12-14)21-18(19)20-8-6-10-22-9-5-4-7-16(22)3;/h11-13,16H,4-10H2,1-3H3,(H3,19,20,21);1H. The first kappa shape index (κ1) is 20.2. The number of hydrogen-bond acceptors (Lipinski definition) is 2. The van der Waals surface area contributed by atoms with Crippen molar-refractivity contribution < 1.29 is 0 Å². The summed E-state index contributed by atoms with van der Waals surface area (Å²) in [7, 11) is 0. The van der Waals surface area contributed by atoms with E-state index in [1.165, 1.54) is 36.9 Å². The van der Waals surface area contributed by atoms with Crippen LogP contribution in [0.25, 0.3) is 0 Å². The first-order valence-corrected chi connectivity index (χ1v) is 8.44. The number of rotatable bonds is 5. The van der Waals surface area contributed by atoms with Gasteiger partial charge >= 0.3 is 0 Å². The molecule has 0 spiro atoms. The van der Waals surface area contributed by atoms with Crippen LogP contribution in [0.4, 0.5) is 5.69 Å². The maximum absolute atomic E-state index is 5.98. The zero-order chi connectivity index (χ0) is 15.9. The van der Waals surface area contributed by atoms with Crippen LogP contribution >= 0.6 is 24.0 Å². The van der Waals surface area contributed by atoms with Crippen molar-refractivity contribution >= 4 is 35.6 Å². The number of aryl methyl sites for hydroxylation is 2. The van der Waals surface area contributed by atoms with Crippen LogP contribution in [0.2, 0.25) is 0 Å². The fourth-order valence-corrected chi connectivity index (χ4v) is 3.20. The molecule has 0 aliphatic carbocycles. The Morgan fingerprint density at radius 3 is 2.61 bits per heavy atom. The van der Waals surface area contributed by atoms with Gasteiger partial charge in [0, 0.05) is 24.8 Å². The second-order valence-electron chi connectivity index (χ2n) is 6.50. The minimum atomic E-state index is 0. The smallest absolute Gasteiger partial charge is 0.193 e. The van der Waals surface area contributed by atoms with E-state index in [1.54, 1.807) is 0 Å². The number of nitrogens with zero attached hydrogens (tertiary/aromatic N) is 2. The Balaban J connectivity index is 0.00000264. The van der Waals surface area contributed by atoms with Gasteiger partial charge in [0.1, 0.15) is 0 Å². The third-order valence-corrected chi connectivity index (χ3v) is 4.32. The number of nitrogens with two attached hydrogens (primary N) is 1. The number of aliphatic imine (C=N–C) groups is 1. The lowest BCUT2D eigenvalue weighted by Crippen LogP contribution is -2.38. The predicted octanol–water partition coefficient (Wildman–Crippen LogP) is 3.91. The van der Waals surface area contributed by atoms with Crippen LogP contribution in [0, 0.1) is 13.8 Å². The van der Waals surface area contributed by atoms with Gasteiger partial charge < -0.3 is 16.0 Å². The van der Waals surface area contributed by atoms with Crippen LogP contribution < -0.4 is 11.1 Å². The number of nitrogens with one attached hydrogen (secondary N) is 1. The van der Waals surface area contributed by atoms with Crippen molar-refractivity contribution in [1.29, 1.82) is 0 Å². The molecule has 0 radical (unpaired) electrons. The van der Waals surface area contributed by atoms with E-state index in [2.05, 4.69) is 54.2 Å². The quantitative estimate of drug-likeness (QED) is 0.322. The molecule has 2 rings (SSSR count). The number of likely N-dealkylation sites (tertiary alicyclic amines) is 1. The van der Waals surface area contributed by atoms with E-state index < -0.39 is 0 Å². The molecule has 1 unspecified atom stereocenters. The van der Waals surface area contributed by atoms with Crippen molar-refractivity contribution in [3.8, 4) is 0 Å². The molecule has 0 amide bonds. The summed E-state index contributed by atoms with van der Waals surface area (Å²) in [6.07, 6.45) is 5.12. The number of guanidine groups is 1. The summed E-state index contributed by atoms with van der Waals surface area (Å²) < 4.78 is 0. The number of benzene rings is 1. The first-order chi connectivity index (χ1) is 10.5. The van der Waals surface area contributed by atoms with Crippen molar-refractivity contribution in [1.82, 2.24) is 4.90 Å². The van der Waals surface area contributed by atoms with E-state index in [0.717, 1.165) is 31.2 Å². The highest BCUT2D eigenvalue weighted by Gasteiger charge is 2.16. The van der Waals surface area contributed by atoms with Crippen molar-refractivity contribution in [3.05, 3.63) is 29.3 Å². The highest BCUT2D eigenvalue weighted by Crippen LogP contribution is 2.16. The number of anilines is 1. The van der Waals surface area contributed by atoms with E-state index in [0.29, 0.717) is 5.96 Å². The summed E-state index contributed by atoms with van der Waals surface area (Å²) in [5, 5.41) is 3.18. The SMILES string of the molecule is Cc1cc(C)cc(NC(N)=NCCCN2CCCCC2C)c1.I. The molecule has 0 aromatic heterocycles. The van der Waals surface area contributed by atoms with Crippen LogP contribution in [-0.4, -0.2) is 36.5 Å². The van der Waals surface area contributed by atoms with Gasteiger partial charge in [0.25, 0.3) is 0 Å². The summed E-state index contributed by atoms with van der Waals surface area (Å²) in [6, 6.07) is 7.05. The lowest BCUT2D eigenvalue weighted by atomic mass is 10.0. The average molecular weight is 430 g/mol. The van der Waals surface area contributed by atoms with Crippen molar-refractivity contribution in [2.75, 3.05) is 25.0 Å². The van der Waals surface area contributed by atoms with Crippen molar-refractivity contribution in [2.45, 2.75) is 52.5 Å². The monoisotopic (exact) mass is 430 g/mol. The molecule has 130 valence electrons. The summed E-state index contributed by atoms with van der Waals surface area (Å²) >= 11 is 0. The molecular formula is C18H31IN4. The van der Waals surface area contributed by atoms with Crippen molar-refractivity contribution in [3.63, 3.8) is 0 Å². The summed E-state index contributed by atoms with van der Waals surface area (Å²) in [6.45, 7) is 9.66. The molecule has 3 N–H and O–H groups in total. The Hall–Kier alpha value is -0.820. The highest BCUT2D eigenvalue weighted by molar-refractivity contribution is 14.0. The molecule has 1 fully saturated rings. The van der Waals surface area contributed by atoms with Crippen LogP contribution in [0.15, 0.2) is 23.2 Å². The van der Waals surface area contributed by atoms with Gasteiger partial charge in [-0.25, -0.2) is 0 Å². The molecule has 1 atom stereocenters. The van der Waals surface area contributed by atoms with Gasteiger partial charge in [-0.05, 0) is 69.8 Å². The molecule has 1 heterocycles. The van der Waals surface area contributed by atoms with E-state index in [-0.39, 0.29) is 24.0 Å². The van der Waals surface area contributed by atoms with Gasteiger partial charge in [-0.3, -0.25) is 4.99 Å². The Kier molecular flexibility index (Phi) is 8.91. The minimum Gasteiger partial charge on any atom is -0.370 e. The van der Waals surface area contributed by atoms with Gasteiger partial charge in [-0.2, -0.15) is 0 Å². The number of halogens is 1. The molecule has 1 aromatic carbocycles. The fraction of sp³-hybridized carbons (Fsp3) is 0.611. The molecule has 5 heteroatoms. The van der Waals surface area contributed by atoms with Crippen LogP contribution in [0.3, 0.4) is 0 Å². The van der Waals surface area contributed by atoms with E-state index in [9.17, 15) is 0 Å². The van der Waals surface area contributed by atoms with Gasteiger partial charge in [0.05, 0.1) is 0 Å². The fourth-order valence-electron chi connectivity index (χ4n) is 3.20. The zero-order valence-electron chi connectivity index (χ0n) is 14.6. The minimum absolute atomic E-state index is 0. The first-order valence-electron chi connectivity index (χ1n) is 8.44. The highest BCUT2D eigenvalue weighted by atomic mass is 127. The molecule has 4 nitrogen and oxygen atoms in total. The van der Waals surface area contributed by atoms with Crippen LogP contribution in [0.1, 0.15) is 43.7 Å². The third-order valence-electron chi connectivity index (χ3n) is 4.32. The van der Waals surface area contributed by atoms with Gasteiger partial charge in [-0.1, -0.05) is 12.5 Å². The Morgan fingerprint density at radius 1 is 1.26 bits per heavy atom. The molecule has 1 aliphatic heterocycles. The largest absolute Gasteiger partial charge is 0.370 e. The van der Waals surface area contributed by atoms with E-state index in [1.807, 2.05) is 0 Å². The Morgan fingerprint density at radius 2 is 1.96 bits per heavy atom. The summed E-state index contributed by atoms with van der Waals surface area (Å²) in [4.78, 5) is 7.02. The summed E-state index contributed by atoms with van der Waals surface area (Å²) in [5.41, 5.74) is 9.46. The van der Waals surface area contributed by atoms with Crippen molar-refractivity contribution in [2.24, 2.45) is 10.7 Å². The second kappa shape index (κ2) is 10.1. The van der Waals surface area contributed by atoms with Gasteiger partial charge in [0.15, 0.2) is 5.96 Å². The normalized spacial score (nSPS) is 19.3. The maximum atomic E-state index is 5.98. The molecule has 1 saturated heterocycles. The number of piperidine rings is 1. The molecule has 1 aliphatic rings. The second-order valence-corrected chi connectivity index (χ2v) is 6.50. The molecule has 1 aromatic rings. The molecule has 23 heavy (non-hydrogen) atoms. The van der Waals surface area contributed by atoms with E-state index >= 15 is 0 Å². The topological polar surface area (TPSA) is 53.6 Å². The van der Waals surface area contributed by atoms with Gasteiger partial charge in [0.2, 0.25) is 0 Å². The number of hydrogen-bond donors (Lipinski definition) is 2. The Labute approximate surface area is 157 Å². The molecule has 0 bridgehead atoms. The average Bonchev–Trinajstić information content (AvgIpc) is 2.44.